The number of rotatable bonds is 11. The zero-order chi connectivity index (χ0) is 23.8. The minimum absolute atomic E-state index is 0.00264. The standard InChI is InChI=1S/C21H28N2O3.C2H2O4/c1-17(12-13-18-8-4-3-5-9-18)23-21(24)16-22-14-15-26-20-11-7-6-10-19(20)25-2;3-1(4)2(5)6/h3-11,17,22H,12-16H2,1-2H3,(H,23,24);(H,3,4)(H,5,6). The molecule has 0 aliphatic rings. The summed E-state index contributed by atoms with van der Waals surface area (Å²) in [7, 11) is 1.61. The average Bonchev–Trinajstić information content (AvgIpc) is 2.78. The molecule has 1 amide bonds. The molecule has 0 saturated heterocycles. The van der Waals surface area contributed by atoms with E-state index in [1.54, 1.807) is 7.11 Å². The number of carbonyl (C=O) groups is 3. The molecule has 32 heavy (non-hydrogen) atoms. The number of carboxylic acids is 2. The summed E-state index contributed by atoms with van der Waals surface area (Å²) in [6.45, 7) is 3.37. The number of carboxylic acid groups (broad SMARTS) is 2. The summed E-state index contributed by atoms with van der Waals surface area (Å²) in [6.07, 6.45) is 1.88. The van der Waals surface area contributed by atoms with Crippen LogP contribution in [0.4, 0.5) is 0 Å². The summed E-state index contributed by atoms with van der Waals surface area (Å²) >= 11 is 0. The molecular weight excluding hydrogens is 416 g/mol. The average molecular weight is 447 g/mol. The number of aryl methyl sites for hydroxylation is 1. The highest BCUT2D eigenvalue weighted by atomic mass is 16.5. The third-order valence-corrected chi connectivity index (χ3v) is 4.19. The van der Waals surface area contributed by atoms with Gasteiger partial charge in [0.1, 0.15) is 6.61 Å². The summed E-state index contributed by atoms with van der Waals surface area (Å²) in [6, 6.07) is 18.0. The smallest absolute Gasteiger partial charge is 0.414 e. The van der Waals surface area contributed by atoms with Gasteiger partial charge in [0.2, 0.25) is 5.91 Å². The summed E-state index contributed by atoms with van der Waals surface area (Å²) < 4.78 is 10.9. The number of hydrogen-bond donors (Lipinski definition) is 4. The van der Waals surface area contributed by atoms with E-state index >= 15 is 0 Å². The van der Waals surface area contributed by atoms with Crippen molar-refractivity contribution < 1.29 is 34.1 Å². The van der Waals surface area contributed by atoms with Gasteiger partial charge in [-0.3, -0.25) is 4.79 Å². The molecule has 0 fully saturated rings. The van der Waals surface area contributed by atoms with Crippen molar-refractivity contribution in [3.63, 3.8) is 0 Å². The van der Waals surface area contributed by atoms with Crippen LogP contribution in [0.1, 0.15) is 18.9 Å². The Bertz CT molecular complexity index is 831. The molecule has 9 nitrogen and oxygen atoms in total. The lowest BCUT2D eigenvalue weighted by Crippen LogP contribution is -2.40. The lowest BCUT2D eigenvalue weighted by molar-refractivity contribution is -0.159. The fraction of sp³-hybridized carbons (Fsp3) is 0.348. The molecule has 0 aliphatic carbocycles. The van der Waals surface area contributed by atoms with Crippen molar-refractivity contribution in [1.29, 1.82) is 0 Å². The maximum Gasteiger partial charge on any atom is 0.414 e. The lowest BCUT2D eigenvalue weighted by atomic mass is 10.1. The van der Waals surface area contributed by atoms with Crippen LogP contribution in [-0.4, -0.2) is 60.9 Å². The molecule has 1 unspecified atom stereocenters. The molecule has 0 radical (unpaired) electrons. The van der Waals surface area contributed by atoms with Crippen LogP contribution in [0, 0.1) is 0 Å². The number of aliphatic carboxylic acids is 2. The zero-order valence-corrected chi connectivity index (χ0v) is 18.2. The number of carbonyl (C=O) groups excluding carboxylic acids is 1. The molecule has 174 valence electrons. The maximum atomic E-state index is 12.0. The van der Waals surface area contributed by atoms with E-state index in [1.807, 2.05) is 49.4 Å². The van der Waals surface area contributed by atoms with Gasteiger partial charge in [-0.2, -0.15) is 0 Å². The van der Waals surface area contributed by atoms with Crippen molar-refractivity contribution in [3.05, 3.63) is 60.2 Å². The molecule has 2 aromatic carbocycles. The fourth-order valence-corrected chi connectivity index (χ4v) is 2.60. The van der Waals surface area contributed by atoms with Gasteiger partial charge in [-0.1, -0.05) is 42.5 Å². The van der Waals surface area contributed by atoms with E-state index < -0.39 is 11.9 Å². The van der Waals surface area contributed by atoms with E-state index in [9.17, 15) is 4.79 Å². The molecule has 1 atom stereocenters. The quantitative estimate of drug-likeness (QED) is 0.304. The first-order valence-corrected chi connectivity index (χ1v) is 10.1. The first-order valence-electron chi connectivity index (χ1n) is 10.1. The predicted molar refractivity (Wildman–Crippen MR) is 119 cm³/mol. The van der Waals surface area contributed by atoms with Crippen molar-refractivity contribution in [2.24, 2.45) is 0 Å². The van der Waals surface area contributed by atoms with Crippen LogP contribution in [0.3, 0.4) is 0 Å². The van der Waals surface area contributed by atoms with Crippen molar-refractivity contribution in [2.75, 3.05) is 26.8 Å². The van der Waals surface area contributed by atoms with E-state index in [1.165, 1.54) is 5.56 Å². The molecule has 4 N–H and O–H groups in total. The Hall–Kier alpha value is -3.59. The van der Waals surface area contributed by atoms with E-state index in [4.69, 9.17) is 29.3 Å². The van der Waals surface area contributed by atoms with Gasteiger partial charge >= 0.3 is 11.9 Å². The van der Waals surface area contributed by atoms with Crippen LogP contribution >= 0.6 is 0 Å². The zero-order valence-electron chi connectivity index (χ0n) is 18.2. The lowest BCUT2D eigenvalue weighted by Gasteiger charge is -2.14. The van der Waals surface area contributed by atoms with Gasteiger partial charge in [0.05, 0.1) is 13.7 Å². The molecule has 2 rings (SSSR count). The van der Waals surface area contributed by atoms with E-state index in [0.29, 0.717) is 24.7 Å². The van der Waals surface area contributed by atoms with E-state index in [2.05, 4.69) is 22.8 Å². The monoisotopic (exact) mass is 446 g/mol. The Morgan fingerprint density at radius 3 is 2.12 bits per heavy atom. The normalized spacial score (nSPS) is 10.8. The molecule has 0 aliphatic heterocycles. The topological polar surface area (TPSA) is 134 Å². The number of hydrogen-bond acceptors (Lipinski definition) is 6. The first-order chi connectivity index (χ1) is 15.3. The van der Waals surface area contributed by atoms with Crippen LogP contribution in [-0.2, 0) is 20.8 Å². The van der Waals surface area contributed by atoms with Crippen LogP contribution in [0.5, 0.6) is 11.5 Å². The van der Waals surface area contributed by atoms with Gasteiger partial charge in [0.25, 0.3) is 0 Å². The summed E-state index contributed by atoms with van der Waals surface area (Å²) in [5.74, 6) is -2.24. The van der Waals surface area contributed by atoms with Crippen molar-refractivity contribution >= 4 is 17.8 Å². The molecule has 0 heterocycles. The van der Waals surface area contributed by atoms with Crippen molar-refractivity contribution in [2.45, 2.75) is 25.8 Å². The molecule has 9 heteroatoms. The summed E-state index contributed by atoms with van der Waals surface area (Å²) in [4.78, 5) is 30.2. The number of benzene rings is 2. The van der Waals surface area contributed by atoms with Crippen molar-refractivity contribution in [3.8, 4) is 11.5 Å². The van der Waals surface area contributed by atoms with Gasteiger partial charge < -0.3 is 30.3 Å². The molecule has 0 aromatic heterocycles. The summed E-state index contributed by atoms with van der Waals surface area (Å²) in [5.41, 5.74) is 1.29. The Morgan fingerprint density at radius 1 is 0.938 bits per heavy atom. The van der Waals surface area contributed by atoms with Gasteiger partial charge in [-0.25, -0.2) is 9.59 Å². The van der Waals surface area contributed by atoms with Gasteiger partial charge in [0, 0.05) is 12.6 Å². The molecular formula is C23H30N2O7. The Kier molecular flexibility index (Phi) is 12.6. The van der Waals surface area contributed by atoms with Crippen molar-refractivity contribution in [1.82, 2.24) is 10.6 Å². The highest BCUT2D eigenvalue weighted by Gasteiger charge is 2.08. The second kappa shape index (κ2) is 15.2. The second-order valence-electron chi connectivity index (χ2n) is 6.78. The van der Waals surface area contributed by atoms with Crippen LogP contribution < -0.4 is 20.1 Å². The molecule has 0 saturated carbocycles. The third kappa shape index (κ3) is 11.6. The van der Waals surface area contributed by atoms with Crippen LogP contribution in [0.2, 0.25) is 0 Å². The van der Waals surface area contributed by atoms with E-state index in [-0.39, 0.29) is 18.5 Å². The number of para-hydroxylation sites is 2. The number of ether oxygens (including phenoxy) is 2. The molecule has 2 aromatic rings. The highest BCUT2D eigenvalue weighted by Crippen LogP contribution is 2.25. The fourth-order valence-electron chi connectivity index (χ4n) is 2.60. The number of amides is 1. The Morgan fingerprint density at radius 2 is 1.53 bits per heavy atom. The number of methoxy groups -OCH3 is 1. The predicted octanol–water partition coefficient (Wildman–Crippen LogP) is 1.96. The molecule has 0 spiro atoms. The van der Waals surface area contributed by atoms with Crippen LogP contribution in [0.15, 0.2) is 54.6 Å². The third-order valence-electron chi connectivity index (χ3n) is 4.19. The Balaban J connectivity index is 0.000000751. The van der Waals surface area contributed by atoms with E-state index in [0.717, 1.165) is 12.8 Å². The minimum Gasteiger partial charge on any atom is -0.493 e. The van der Waals surface area contributed by atoms with Gasteiger partial charge in [-0.15, -0.1) is 0 Å². The van der Waals surface area contributed by atoms with Gasteiger partial charge in [0.15, 0.2) is 11.5 Å². The number of nitrogens with one attached hydrogen (secondary N) is 2. The highest BCUT2D eigenvalue weighted by molar-refractivity contribution is 6.27. The first kappa shape index (κ1) is 26.4. The van der Waals surface area contributed by atoms with Crippen LogP contribution in [0.25, 0.3) is 0 Å². The largest absolute Gasteiger partial charge is 0.493 e. The SMILES string of the molecule is COc1ccccc1OCCNCC(=O)NC(C)CCc1ccccc1.O=C(O)C(=O)O. The summed E-state index contributed by atoms with van der Waals surface area (Å²) in [5, 5.41) is 20.9. The molecule has 0 bridgehead atoms. The van der Waals surface area contributed by atoms with Gasteiger partial charge in [-0.05, 0) is 37.5 Å². The maximum absolute atomic E-state index is 12.0. The Labute approximate surface area is 187 Å². The second-order valence-corrected chi connectivity index (χ2v) is 6.78. The minimum atomic E-state index is -1.82.